The van der Waals surface area contributed by atoms with Gasteiger partial charge in [-0.05, 0) is 16.3 Å². The van der Waals surface area contributed by atoms with Crippen molar-refractivity contribution >= 4 is 17.0 Å². The zero-order valence-corrected chi connectivity index (χ0v) is 10.1. The fourth-order valence-corrected chi connectivity index (χ4v) is 1.87. The molecule has 0 aliphatic carbocycles. The van der Waals surface area contributed by atoms with E-state index in [1.165, 1.54) is 19.3 Å². The number of benzene rings is 2. The predicted octanol–water partition coefficient (Wildman–Crippen LogP) is 3.45. The molecule has 0 fully saturated rings. The molecule has 18 heavy (non-hydrogen) atoms. The molecular weight excluding hydrogens is 229 g/mol. The third kappa shape index (κ3) is 2.94. The summed E-state index contributed by atoms with van der Waals surface area (Å²) in [7, 11) is 1.32. The highest BCUT2D eigenvalue weighted by molar-refractivity contribution is 5.86. The predicted molar refractivity (Wildman–Crippen MR) is 72.5 cm³/mol. The molecule has 0 aliphatic heterocycles. The Morgan fingerprint density at radius 3 is 2.72 bits per heavy atom. The summed E-state index contributed by atoms with van der Waals surface area (Å²) in [5.74, 6) is -0.325. The van der Waals surface area contributed by atoms with Gasteiger partial charge in [0.05, 0.1) is 0 Å². The van der Waals surface area contributed by atoms with Crippen LogP contribution in [0.15, 0.2) is 54.4 Å². The number of nitrogens with zero attached hydrogens (tertiary/aromatic N) is 1. The molecule has 2 aromatic carbocycles. The van der Waals surface area contributed by atoms with Gasteiger partial charge in [-0.2, -0.15) is 0 Å². The maximum absolute atomic E-state index is 13.6. The molecule has 92 valence electrons. The Bertz CT molecular complexity index is 607. The van der Waals surface area contributed by atoms with Crippen LogP contribution in [0.3, 0.4) is 0 Å². The maximum Gasteiger partial charge on any atom is 0.176 e. The summed E-state index contributed by atoms with van der Waals surface area (Å²) in [6.45, 7) is 0. The highest BCUT2D eigenvalue weighted by atomic mass is 19.1. The summed E-state index contributed by atoms with van der Waals surface area (Å²) in [6.07, 6.45) is 2.57. The molecular formula is C15H14FNO. The zero-order chi connectivity index (χ0) is 13.0. The Morgan fingerprint density at radius 2 is 1.94 bits per heavy atom. The Hall–Kier alpha value is -2.16. The summed E-state index contributed by atoms with van der Waals surface area (Å²) in [6, 6.07) is 13.7. The van der Waals surface area contributed by atoms with Crippen molar-refractivity contribution < 1.29 is 9.13 Å². The van der Waals surface area contributed by atoms with Gasteiger partial charge < -0.3 is 5.21 Å². The molecule has 2 nitrogen and oxygen atoms in total. The van der Waals surface area contributed by atoms with E-state index in [1.807, 2.05) is 42.5 Å². The lowest BCUT2D eigenvalue weighted by atomic mass is 10.0. The fourth-order valence-electron chi connectivity index (χ4n) is 1.87. The quantitative estimate of drug-likeness (QED) is 0.351. The van der Waals surface area contributed by atoms with Crippen LogP contribution in [0.1, 0.15) is 5.56 Å². The van der Waals surface area contributed by atoms with Gasteiger partial charge >= 0.3 is 0 Å². The van der Waals surface area contributed by atoms with Crippen LogP contribution in [-0.2, 0) is 6.42 Å². The monoisotopic (exact) mass is 243 g/mol. The van der Waals surface area contributed by atoms with Gasteiger partial charge in [-0.3, -0.25) is 0 Å². The normalized spacial score (nSPS) is 13.0. The van der Waals surface area contributed by atoms with Gasteiger partial charge in [0, 0.05) is 12.5 Å². The number of rotatable bonds is 3. The van der Waals surface area contributed by atoms with Gasteiger partial charge in [-0.15, -0.1) is 0 Å². The van der Waals surface area contributed by atoms with Gasteiger partial charge in [0.25, 0.3) is 0 Å². The summed E-state index contributed by atoms with van der Waals surface area (Å²) < 4.78 is 14.2. The van der Waals surface area contributed by atoms with Crippen LogP contribution in [0, 0.1) is 5.21 Å². The summed E-state index contributed by atoms with van der Waals surface area (Å²) in [5, 5.41) is 12.8. The van der Waals surface area contributed by atoms with Gasteiger partial charge in [0.2, 0.25) is 0 Å². The molecule has 0 aliphatic rings. The van der Waals surface area contributed by atoms with Crippen molar-refractivity contribution in [3.05, 3.63) is 65.1 Å². The van der Waals surface area contributed by atoms with Crippen LogP contribution in [0.2, 0.25) is 0 Å². The Morgan fingerprint density at radius 1 is 1.22 bits per heavy atom. The molecule has 3 heteroatoms. The highest BCUT2D eigenvalue weighted by Gasteiger charge is 2.03. The van der Waals surface area contributed by atoms with E-state index >= 15 is 0 Å². The molecule has 2 aromatic rings. The van der Waals surface area contributed by atoms with E-state index < -0.39 is 0 Å². The first-order valence-electron chi connectivity index (χ1n) is 5.73. The van der Waals surface area contributed by atoms with Crippen molar-refractivity contribution in [1.29, 1.82) is 0 Å². The van der Waals surface area contributed by atoms with Gasteiger partial charge in [-0.1, -0.05) is 42.5 Å². The van der Waals surface area contributed by atoms with E-state index in [1.54, 1.807) is 0 Å². The van der Waals surface area contributed by atoms with Gasteiger partial charge in [0.1, 0.15) is 12.9 Å². The second-order valence-corrected chi connectivity index (χ2v) is 4.12. The Labute approximate surface area is 105 Å². The Kier molecular flexibility index (Phi) is 3.72. The molecule has 0 bridgehead atoms. The maximum atomic E-state index is 13.6. The first kappa shape index (κ1) is 12.3. The molecule has 0 spiro atoms. The molecule has 0 N–H and O–H groups in total. The van der Waals surface area contributed by atoms with Crippen molar-refractivity contribution in [3.63, 3.8) is 0 Å². The SMILES string of the molecule is C[N+]([O-])=CC=C(F)Cc1cccc2ccccc12. The van der Waals surface area contributed by atoms with E-state index in [0.29, 0.717) is 4.74 Å². The molecule has 2 rings (SSSR count). The van der Waals surface area contributed by atoms with Crippen LogP contribution in [0.4, 0.5) is 4.39 Å². The molecule has 0 amide bonds. The lowest BCUT2D eigenvalue weighted by Crippen LogP contribution is -1.94. The average Bonchev–Trinajstić information content (AvgIpc) is 2.37. The number of fused-ring (bicyclic) bond motifs is 1. The molecule has 0 aromatic heterocycles. The number of hydrogen-bond acceptors (Lipinski definition) is 1. The van der Waals surface area contributed by atoms with E-state index in [0.717, 1.165) is 16.3 Å². The van der Waals surface area contributed by atoms with Crippen LogP contribution in [0.25, 0.3) is 10.8 Å². The molecule has 0 radical (unpaired) electrons. The van der Waals surface area contributed by atoms with Gasteiger partial charge in [0.15, 0.2) is 6.21 Å². The number of halogens is 1. The van der Waals surface area contributed by atoms with Crippen LogP contribution in [0.5, 0.6) is 0 Å². The van der Waals surface area contributed by atoms with Crippen molar-refractivity contribution in [2.24, 2.45) is 0 Å². The summed E-state index contributed by atoms with van der Waals surface area (Å²) in [5.41, 5.74) is 0.920. The van der Waals surface area contributed by atoms with E-state index in [-0.39, 0.29) is 12.2 Å². The van der Waals surface area contributed by atoms with Crippen molar-refractivity contribution in [1.82, 2.24) is 0 Å². The largest absolute Gasteiger partial charge is 0.624 e. The number of hydroxylamine groups is 1. The average molecular weight is 243 g/mol. The van der Waals surface area contributed by atoms with Crippen LogP contribution >= 0.6 is 0 Å². The molecule has 0 saturated carbocycles. The first-order chi connectivity index (χ1) is 8.66. The number of allylic oxidation sites excluding steroid dienone is 2. The summed E-state index contributed by atoms with van der Waals surface area (Å²) >= 11 is 0. The van der Waals surface area contributed by atoms with E-state index in [4.69, 9.17) is 0 Å². The minimum Gasteiger partial charge on any atom is -0.624 e. The molecule has 0 saturated heterocycles. The third-order valence-corrected chi connectivity index (χ3v) is 2.70. The second kappa shape index (κ2) is 5.45. The minimum atomic E-state index is -0.325. The van der Waals surface area contributed by atoms with Crippen molar-refractivity contribution in [2.45, 2.75) is 6.42 Å². The Balaban J connectivity index is 2.32. The van der Waals surface area contributed by atoms with Crippen LogP contribution < -0.4 is 0 Å². The van der Waals surface area contributed by atoms with Crippen molar-refractivity contribution in [3.8, 4) is 0 Å². The molecule has 0 heterocycles. The topological polar surface area (TPSA) is 26.1 Å². The third-order valence-electron chi connectivity index (χ3n) is 2.70. The smallest absolute Gasteiger partial charge is 0.176 e. The molecule has 0 unspecified atom stereocenters. The standard InChI is InChI=1S/C15H14FNO/c1-17(18)10-9-14(16)11-13-7-4-6-12-5-2-3-8-15(12)13/h2-10H,11H2,1H3. The van der Waals surface area contributed by atoms with E-state index in [9.17, 15) is 9.60 Å². The van der Waals surface area contributed by atoms with E-state index in [2.05, 4.69) is 0 Å². The van der Waals surface area contributed by atoms with Crippen molar-refractivity contribution in [2.75, 3.05) is 7.05 Å². The molecule has 0 atom stereocenters. The highest BCUT2D eigenvalue weighted by Crippen LogP contribution is 2.21. The number of hydrogen-bond donors (Lipinski definition) is 0. The zero-order valence-electron chi connectivity index (χ0n) is 10.1. The lowest BCUT2D eigenvalue weighted by molar-refractivity contribution is -0.416. The first-order valence-corrected chi connectivity index (χ1v) is 5.73. The van der Waals surface area contributed by atoms with Crippen LogP contribution in [-0.4, -0.2) is 18.0 Å². The minimum absolute atomic E-state index is 0.200. The lowest BCUT2D eigenvalue weighted by Gasteiger charge is -2.04. The van der Waals surface area contributed by atoms with Gasteiger partial charge in [-0.25, -0.2) is 9.13 Å². The fraction of sp³-hybridized carbons (Fsp3) is 0.133. The second-order valence-electron chi connectivity index (χ2n) is 4.12. The summed E-state index contributed by atoms with van der Waals surface area (Å²) in [4.78, 5) is 0.